The quantitative estimate of drug-likeness (QED) is 0.609. The number of amides is 2. The van der Waals surface area contributed by atoms with Crippen LogP contribution in [-0.4, -0.2) is 50.5 Å². The van der Waals surface area contributed by atoms with Crippen molar-refractivity contribution in [3.63, 3.8) is 0 Å². The Bertz CT molecular complexity index is 993. The molecule has 0 heterocycles. The lowest BCUT2D eigenvalue weighted by molar-refractivity contribution is -0.140. The molecule has 0 bridgehead atoms. The number of hydrogen-bond donors (Lipinski definition) is 1. The van der Waals surface area contributed by atoms with Crippen LogP contribution in [0.3, 0.4) is 0 Å². The van der Waals surface area contributed by atoms with E-state index in [0.29, 0.717) is 18.7 Å². The van der Waals surface area contributed by atoms with Crippen molar-refractivity contribution in [3.8, 4) is 0 Å². The van der Waals surface area contributed by atoms with Crippen LogP contribution in [0.1, 0.15) is 31.4 Å². The van der Waals surface area contributed by atoms with E-state index in [9.17, 15) is 18.0 Å². The van der Waals surface area contributed by atoms with Crippen LogP contribution in [0.5, 0.6) is 0 Å². The number of carbonyl (C=O) groups is 2. The second kappa shape index (κ2) is 10.9. The predicted molar refractivity (Wildman–Crippen MR) is 123 cm³/mol. The fourth-order valence-corrected chi connectivity index (χ4v) is 4.23. The van der Waals surface area contributed by atoms with E-state index in [1.165, 1.54) is 4.90 Å². The summed E-state index contributed by atoms with van der Waals surface area (Å²) in [7, 11) is -3.71. The van der Waals surface area contributed by atoms with Gasteiger partial charge in [0.15, 0.2) is 0 Å². The van der Waals surface area contributed by atoms with E-state index in [2.05, 4.69) is 5.32 Å². The van der Waals surface area contributed by atoms with Crippen molar-refractivity contribution in [1.29, 1.82) is 0 Å². The molecule has 0 aliphatic rings. The molecule has 0 unspecified atom stereocenters. The molecule has 0 spiro atoms. The molecule has 0 saturated carbocycles. The van der Waals surface area contributed by atoms with Crippen molar-refractivity contribution in [3.05, 3.63) is 65.7 Å². The number of sulfonamides is 1. The zero-order valence-corrected chi connectivity index (χ0v) is 19.4. The molecule has 31 heavy (non-hydrogen) atoms. The Morgan fingerprint density at radius 1 is 1.03 bits per heavy atom. The van der Waals surface area contributed by atoms with Crippen LogP contribution in [0.4, 0.5) is 5.69 Å². The Morgan fingerprint density at radius 3 is 2.26 bits per heavy atom. The monoisotopic (exact) mass is 445 g/mol. The topological polar surface area (TPSA) is 86.8 Å². The summed E-state index contributed by atoms with van der Waals surface area (Å²) < 4.78 is 26.1. The summed E-state index contributed by atoms with van der Waals surface area (Å²) in [5.41, 5.74) is 2.16. The van der Waals surface area contributed by atoms with Gasteiger partial charge in [-0.1, -0.05) is 49.4 Å². The molecule has 7 nitrogen and oxygen atoms in total. The van der Waals surface area contributed by atoms with E-state index >= 15 is 0 Å². The minimum Gasteiger partial charge on any atom is -0.355 e. The summed E-state index contributed by atoms with van der Waals surface area (Å²) in [5, 5.41) is 2.78. The van der Waals surface area contributed by atoms with E-state index in [-0.39, 0.29) is 19.0 Å². The lowest BCUT2D eigenvalue weighted by Gasteiger charge is -2.32. The number of nitrogens with zero attached hydrogens (tertiary/aromatic N) is 2. The van der Waals surface area contributed by atoms with Gasteiger partial charge in [-0.3, -0.25) is 13.9 Å². The molecular formula is C23H31N3O4S. The van der Waals surface area contributed by atoms with Crippen LogP contribution in [0, 0.1) is 6.92 Å². The number of aryl methyl sites for hydroxylation is 1. The molecule has 0 saturated heterocycles. The first-order chi connectivity index (χ1) is 14.7. The third-order valence-electron chi connectivity index (χ3n) is 4.90. The van der Waals surface area contributed by atoms with Gasteiger partial charge in [-0.2, -0.15) is 0 Å². The van der Waals surface area contributed by atoms with Gasteiger partial charge in [-0.25, -0.2) is 8.42 Å². The highest BCUT2D eigenvalue weighted by Gasteiger charge is 2.31. The third kappa shape index (κ3) is 6.82. The molecule has 1 N–H and O–H groups in total. The van der Waals surface area contributed by atoms with Crippen LogP contribution in [0.2, 0.25) is 0 Å². The first kappa shape index (κ1) is 24.4. The SMILES string of the molecule is CCNC(=O)[C@H](CC)N(Cc1ccccc1)C(=O)CN(c1cccc(C)c1)S(C)(=O)=O. The van der Waals surface area contributed by atoms with Gasteiger partial charge < -0.3 is 10.2 Å². The van der Waals surface area contributed by atoms with Gasteiger partial charge in [-0.05, 0) is 43.5 Å². The van der Waals surface area contributed by atoms with Gasteiger partial charge >= 0.3 is 0 Å². The number of nitrogens with one attached hydrogen (secondary N) is 1. The van der Waals surface area contributed by atoms with Gasteiger partial charge in [-0.15, -0.1) is 0 Å². The molecule has 2 amide bonds. The lowest BCUT2D eigenvalue weighted by atomic mass is 10.1. The van der Waals surface area contributed by atoms with Crippen LogP contribution in [0.25, 0.3) is 0 Å². The third-order valence-corrected chi connectivity index (χ3v) is 6.04. The number of likely N-dealkylation sites (N-methyl/N-ethyl adjacent to an activating group) is 1. The average molecular weight is 446 g/mol. The van der Waals surface area contributed by atoms with Crippen molar-refractivity contribution in [2.24, 2.45) is 0 Å². The molecule has 0 aliphatic heterocycles. The highest BCUT2D eigenvalue weighted by molar-refractivity contribution is 7.92. The number of hydrogen-bond acceptors (Lipinski definition) is 4. The Balaban J connectivity index is 2.40. The average Bonchev–Trinajstić information content (AvgIpc) is 2.71. The highest BCUT2D eigenvalue weighted by Crippen LogP contribution is 2.20. The van der Waals surface area contributed by atoms with Crippen molar-refractivity contribution < 1.29 is 18.0 Å². The summed E-state index contributed by atoms with van der Waals surface area (Å²) >= 11 is 0. The second-order valence-electron chi connectivity index (χ2n) is 7.43. The molecule has 8 heteroatoms. The molecule has 0 aromatic heterocycles. The normalized spacial score (nSPS) is 12.1. The summed E-state index contributed by atoms with van der Waals surface area (Å²) in [6.45, 7) is 5.78. The molecule has 2 aromatic rings. The maximum Gasteiger partial charge on any atom is 0.244 e. The molecule has 2 rings (SSSR count). The minimum absolute atomic E-state index is 0.209. The van der Waals surface area contributed by atoms with Crippen molar-refractivity contribution in [1.82, 2.24) is 10.2 Å². The zero-order valence-electron chi connectivity index (χ0n) is 18.5. The Labute approximate surface area is 185 Å². The molecule has 0 fully saturated rings. The van der Waals surface area contributed by atoms with Gasteiger partial charge in [0.25, 0.3) is 0 Å². The summed E-state index contributed by atoms with van der Waals surface area (Å²) in [6, 6.07) is 15.6. The van der Waals surface area contributed by atoms with Crippen molar-refractivity contribution >= 4 is 27.5 Å². The van der Waals surface area contributed by atoms with Crippen molar-refractivity contribution in [2.75, 3.05) is 23.7 Å². The predicted octanol–water partition coefficient (Wildman–Crippen LogP) is 2.70. The maximum absolute atomic E-state index is 13.4. The van der Waals surface area contributed by atoms with E-state index in [0.717, 1.165) is 21.7 Å². The van der Waals surface area contributed by atoms with E-state index < -0.39 is 22.0 Å². The minimum atomic E-state index is -3.71. The molecule has 0 aliphatic carbocycles. The zero-order chi connectivity index (χ0) is 23.0. The van der Waals surface area contributed by atoms with E-state index in [1.807, 2.05) is 57.2 Å². The fourth-order valence-electron chi connectivity index (χ4n) is 3.39. The largest absolute Gasteiger partial charge is 0.355 e. The number of benzene rings is 2. The Kier molecular flexibility index (Phi) is 8.62. The molecule has 2 aromatic carbocycles. The lowest BCUT2D eigenvalue weighted by Crippen LogP contribution is -2.52. The summed E-state index contributed by atoms with van der Waals surface area (Å²) in [5.74, 6) is -0.690. The van der Waals surface area contributed by atoms with Crippen LogP contribution in [0.15, 0.2) is 54.6 Å². The number of rotatable bonds is 10. The first-order valence-electron chi connectivity index (χ1n) is 10.3. The summed E-state index contributed by atoms with van der Waals surface area (Å²) in [6.07, 6.45) is 1.49. The van der Waals surface area contributed by atoms with Crippen LogP contribution < -0.4 is 9.62 Å². The Morgan fingerprint density at radius 2 is 1.71 bits per heavy atom. The standard InChI is InChI=1S/C23H31N3O4S/c1-5-21(23(28)24-6-2)25(16-19-12-8-7-9-13-19)22(27)17-26(31(4,29)30)20-14-10-11-18(3)15-20/h7-15,21H,5-6,16-17H2,1-4H3,(H,24,28)/t21-/m0/s1. The highest BCUT2D eigenvalue weighted by atomic mass is 32.2. The van der Waals surface area contributed by atoms with Gasteiger partial charge in [0.1, 0.15) is 12.6 Å². The number of anilines is 1. The molecule has 1 atom stereocenters. The van der Waals surface area contributed by atoms with Crippen LogP contribution >= 0.6 is 0 Å². The molecular weight excluding hydrogens is 414 g/mol. The molecule has 168 valence electrons. The maximum atomic E-state index is 13.4. The van der Waals surface area contributed by atoms with E-state index in [1.54, 1.807) is 18.2 Å². The molecule has 0 radical (unpaired) electrons. The first-order valence-corrected chi connectivity index (χ1v) is 12.2. The smallest absolute Gasteiger partial charge is 0.244 e. The fraction of sp³-hybridized carbons (Fsp3) is 0.391. The van der Waals surface area contributed by atoms with Gasteiger partial charge in [0.05, 0.1) is 11.9 Å². The van der Waals surface area contributed by atoms with Gasteiger partial charge in [0, 0.05) is 13.1 Å². The van der Waals surface area contributed by atoms with Crippen LogP contribution in [-0.2, 0) is 26.2 Å². The Hall–Kier alpha value is -2.87. The summed E-state index contributed by atoms with van der Waals surface area (Å²) in [4.78, 5) is 27.5. The number of carbonyl (C=O) groups excluding carboxylic acids is 2. The van der Waals surface area contributed by atoms with Crippen molar-refractivity contribution in [2.45, 2.75) is 39.8 Å². The van der Waals surface area contributed by atoms with Gasteiger partial charge in [0.2, 0.25) is 21.8 Å². The second-order valence-corrected chi connectivity index (χ2v) is 9.34. The van der Waals surface area contributed by atoms with E-state index in [4.69, 9.17) is 0 Å².